The smallest absolute Gasteiger partial charge is 0.0721 e. The first-order chi connectivity index (χ1) is 8.16. The Morgan fingerprint density at radius 3 is 2.94 bits per heavy atom. The molecule has 1 N–H and O–H groups in total. The van der Waals surface area contributed by atoms with E-state index in [0.29, 0.717) is 12.1 Å². The van der Waals surface area contributed by atoms with Gasteiger partial charge in [0.05, 0.1) is 19.3 Å². The molecule has 0 amide bonds. The van der Waals surface area contributed by atoms with Crippen LogP contribution >= 0.6 is 0 Å². The van der Waals surface area contributed by atoms with E-state index in [9.17, 15) is 0 Å². The fourth-order valence-corrected chi connectivity index (χ4v) is 2.46. The number of hydrogen-bond donors (Lipinski definition) is 1. The van der Waals surface area contributed by atoms with Crippen molar-refractivity contribution in [1.82, 2.24) is 10.2 Å². The highest BCUT2D eigenvalue weighted by Gasteiger charge is 2.21. The topological polar surface area (TPSA) is 24.5 Å². The lowest BCUT2D eigenvalue weighted by Gasteiger charge is -2.30. The lowest BCUT2D eigenvalue weighted by Crippen LogP contribution is -2.41. The minimum absolute atomic E-state index is 0.329. The van der Waals surface area contributed by atoms with Crippen LogP contribution in [0.3, 0.4) is 0 Å². The molecule has 0 aliphatic carbocycles. The summed E-state index contributed by atoms with van der Waals surface area (Å²) in [5.41, 5.74) is 2.71. The van der Waals surface area contributed by atoms with Crippen LogP contribution in [0.1, 0.15) is 24.1 Å². The summed E-state index contributed by atoms with van der Waals surface area (Å²) in [6.45, 7) is 4.78. The molecule has 1 aromatic rings. The van der Waals surface area contributed by atoms with E-state index in [1.165, 1.54) is 11.1 Å². The Morgan fingerprint density at radius 2 is 2.18 bits per heavy atom. The molecule has 3 nitrogen and oxygen atoms in total. The molecule has 0 saturated carbocycles. The quantitative estimate of drug-likeness (QED) is 0.859. The number of nitrogens with one attached hydrogen (secondary N) is 1. The molecule has 0 fully saturated rings. The van der Waals surface area contributed by atoms with Crippen molar-refractivity contribution in [3.63, 3.8) is 0 Å². The van der Waals surface area contributed by atoms with Gasteiger partial charge in [-0.2, -0.15) is 0 Å². The van der Waals surface area contributed by atoms with Gasteiger partial charge in [-0.15, -0.1) is 0 Å². The summed E-state index contributed by atoms with van der Waals surface area (Å²) in [6.07, 6.45) is 0. The van der Waals surface area contributed by atoms with Crippen LogP contribution in [0.4, 0.5) is 0 Å². The maximum Gasteiger partial charge on any atom is 0.0721 e. The van der Waals surface area contributed by atoms with Gasteiger partial charge in [-0.05, 0) is 32.1 Å². The van der Waals surface area contributed by atoms with Crippen molar-refractivity contribution in [2.45, 2.75) is 25.6 Å². The first kappa shape index (κ1) is 12.6. The second-order valence-corrected chi connectivity index (χ2v) is 5.10. The Labute approximate surface area is 104 Å². The van der Waals surface area contributed by atoms with Crippen LogP contribution in [0.25, 0.3) is 0 Å². The number of benzene rings is 1. The van der Waals surface area contributed by atoms with Gasteiger partial charge in [-0.25, -0.2) is 0 Å². The number of nitrogens with zero attached hydrogens (tertiary/aromatic N) is 1. The van der Waals surface area contributed by atoms with Crippen LogP contribution in [0.2, 0.25) is 0 Å². The highest BCUT2D eigenvalue weighted by molar-refractivity contribution is 5.31. The number of rotatable bonds is 4. The molecule has 2 rings (SSSR count). The maximum absolute atomic E-state index is 5.64. The van der Waals surface area contributed by atoms with Gasteiger partial charge in [0.25, 0.3) is 0 Å². The van der Waals surface area contributed by atoms with Gasteiger partial charge in [0, 0.05) is 12.6 Å². The molecular formula is C14H22N2O. The van der Waals surface area contributed by atoms with Gasteiger partial charge in [-0.3, -0.25) is 0 Å². The molecule has 17 heavy (non-hydrogen) atoms. The highest BCUT2D eigenvalue weighted by atomic mass is 16.5. The lowest BCUT2D eigenvalue weighted by molar-refractivity contribution is 0.0778. The summed E-state index contributed by atoms with van der Waals surface area (Å²) in [5, 5.41) is 3.64. The maximum atomic E-state index is 5.64. The van der Waals surface area contributed by atoms with Crippen LogP contribution in [-0.2, 0) is 11.3 Å². The molecule has 0 aromatic heterocycles. The third-order valence-corrected chi connectivity index (χ3v) is 3.10. The SMILES string of the molecule is CC(CN(C)C)NC1COCc2ccccc21. The van der Waals surface area contributed by atoms with Crippen LogP contribution < -0.4 is 5.32 Å². The number of likely N-dealkylation sites (N-methyl/N-ethyl adjacent to an activating group) is 1. The lowest BCUT2D eigenvalue weighted by atomic mass is 9.98. The van der Waals surface area contributed by atoms with Crippen LogP contribution in [0, 0.1) is 0 Å². The van der Waals surface area contributed by atoms with E-state index >= 15 is 0 Å². The monoisotopic (exact) mass is 234 g/mol. The zero-order valence-corrected chi connectivity index (χ0v) is 10.9. The van der Waals surface area contributed by atoms with E-state index in [4.69, 9.17) is 4.74 Å². The third-order valence-electron chi connectivity index (χ3n) is 3.10. The molecule has 0 spiro atoms. The van der Waals surface area contributed by atoms with E-state index in [-0.39, 0.29) is 0 Å². The van der Waals surface area contributed by atoms with Gasteiger partial charge in [0.15, 0.2) is 0 Å². The molecule has 2 atom stereocenters. The Bertz CT molecular complexity index is 365. The van der Waals surface area contributed by atoms with Gasteiger partial charge < -0.3 is 15.0 Å². The van der Waals surface area contributed by atoms with Crippen molar-refractivity contribution >= 4 is 0 Å². The van der Waals surface area contributed by atoms with Crippen molar-refractivity contribution in [1.29, 1.82) is 0 Å². The van der Waals surface area contributed by atoms with Gasteiger partial charge >= 0.3 is 0 Å². The second kappa shape index (κ2) is 5.63. The Hall–Kier alpha value is -0.900. The molecule has 1 heterocycles. The van der Waals surface area contributed by atoms with E-state index in [2.05, 4.69) is 55.5 Å². The molecule has 1 aliphatic rings. The number of fused-ring (bicyclic) bond motifs is 1. The van der Waals surface area contributed by atoms with E-state index in [0.717, 1.165) is 19.8 Å². The second-order valence-electron chi connectivity index (χ2n) is 5.10. The largest absolute Gasteiger partial charge is 0.375 e. The predicted octanol–water partition coefficient (Wildman–Crippen LogP) is 1.80. The molecule has 2 unspecified atom stereocenters. The summed E-state index contributed by atoms with van der Waals surface area (Å²) >= 11 is 0. The zero-order valence-electron chi connectivity index (χ0n) is 10.9. The van der Waals surface area contributed by atoms with Gasteiger partial charge in [0.1, 0.15) is 0 Å². The molecule has 1 aromatic carbocycles. The molecule has 0 radical (unpaired) electrons. The van der Waals surface area contributed by atoms with Crippen molar-refractivity contribution in [3.05, 3.63) is 35.4 Å². The summed E-state index contributed by atoms with van der Waals surface area (Å²) in [6, 6.07) is 9.33. The van der Waals surface area contributed by atoms with Crippen LogP contribution in [0.15, 0.2) is 24.3 Å². The molecule has 1 aliphatic heterocycles. The first-order valence-electron chi connectivity index (χ1n) is 6.23. The summed E-state index contributed by atoms with van der Waals surface area (Å²) in [4.78, 5) is 2.20. The Balaban J connectivity index is 2.03. The molecule has 0 bridgehead atoms. The summed E-state index contributed by atoms with van der Waals surface area (Å²) in [7, 11) is 4.20. The number of ether oxygens (including phenoxy) is 1. The van der Waals surface area contributed by atoms with Crippen LogP contribution in [0.5, 0.6) is 0 Å². The van der Waals surface area contributed by atoms with Crippen molar-refractivity contribution < 1.29 is 4.74 Å². The Morgan fingerprint density at radius 1 is 1.41 bits per heavy atom. The Kier molecular flexibility index (Phi) is 4.15. The van der Waals surface area contributed by atoms with Crippen LogP contribution in [-0.4, -0.2) is 38.2 Å². The third kappa shape index (κ3) is 3.28. The highest BCUT2D eigenvalue weighted by Crippen LogP contribution is 2.24. The van der Waals surface area contributed by atoms with Gasteiger partial charge in [-0.1, -0.05) is 24.3 Å². The molecule has 0 saturated heterocycles. The minimum Gasteiger partial charge on any atom is -0.375 e. The first-order valence-corrected chi connectivity index (χ1v) is 6.23. The predicted molar refractivity (Wildman–Crippen MR) is 70.0 cm³/mol. The molecular weight excluding hydrogens is 212 g/mol. The van der Waals surface area contributed by atoms with E-state index in [1.807, 2.05) is 0 Å². The molecule has 94 valence electrons. The zero-order chi connectivity index (χ0) is 12.3. The average Bonchev–Trinajstić information content (AvgIpc) is 2.28. The van der Waals surface area contributed by atoms with Crippen molar-refractivity contribution in [2.24, 2.45) is 0 Å². The van der Waals surface area contributed by atoms with E-state index in [1.54, 1.807) is 0 Å². The fraction of sp³-hybridized carbons (Fsp3) is 0.571. The van der Waals surface area contributed by atoms with Crippen molar-refractivity contribution in [2.75, 3.05) is 27.2 Å². The fourth-order valence-electron chi connectivity index (χ4n) is 2.46. The normalized spacial score (nSPS) is 21.3. The molecule has 3 heteroatoms. The van der Waals surface area contributed by atoms with E-state index < -0.39 is 0 Å². The minimum atomic E-state index is 0.329. The van der Waals surface area contributed by atoms with Crippen molar-refractivity contribution in [3.8, 4) is 0 Å². The number of hydrogen-bond acceptors (Lipinski definition) is 3. The summed E-state index contributed by atoms with van der Waals surface area (Å²) < 4.78 is 5.64. The standard InChI is InChI=1S/C14H22N2O/c1-11(8-16(2)3)15-14-10-17-9-12-6-4-5-7-13(12)14/h4-7,11,14-15H,8-10H2,1-3H3. The van der Waals surface area contributed by atoms with Gasteiger partial charge in [0.2, 0.25) is 0 Å². The average molecular weight is 234 g/mol. The summed E-state index contributed by atoms with van der Waals surface area (Å²) in [5.74, 6) is 0.